The number of nitrogens with two attached hydrogens (primary N) is 1. The lowest BCUT2D eigenvalue weighted by Crippen LogP contribution is -2.56. The van der Waals surface area contributed by atoms with Crippen LogP contribution in [0.15, 0.2) is 54.0 Å². The van der Waals surface area contributed by atoms with Gasteiger partial charge in [-0.1, -0.05) is 63.2 Å². The van der Waals surface area contributed by atoms with Gasteiger partial charge in [0.15, 0.2) is 6.10 Å². The van der Waals surface area contributed by atoms with Gasteiger partial charge in [-0.2, -0.15) is 0 Å². The summed E-state index contributed by atoms with van der Waals surface area (Å²) >= 11 is 1.34. The highest BCUT2D eigenvalue weighted by Gasteiger charge is 2.39. The Balaban J connectivity index is 1.96. The standard InChI is InChI=1S/C25H30N4O5S/c1-25(2,3)21(22(26)30)28-23(31)18(13-15-8-9-16-6-4-5-7-17(16)12-15)20(24(32)29-33)34-14-19-27-10-11-35-19/h4-12,18,20-21,33H,13-14H2,1-3H3,(H2,26,30)(H,28,31)(H,29,32)/t18-,20+,21-/m1/s1. The molecule has 0 saturated carbocycles. The monoisotopic (exact) mass is 498 g/mol. The summed E-state index contributed by atoms with van der Waals surface area (Å²) in [4.78, 5) is 42.4. The first-order chi connectivity index (χ1) is 16.6. The van der Waals surface area contributed by atoms with Crippen LogP contribution in [-0.2, 0) is 32.1 Å². The molecule has 2 aromatic carbocycles. The van der Waals surface area contributed by atoms with Gasteiger partial charge in [0.2, 0.25) is 11.8 Å². The van der Waals surface area contributed by atoms with Gasteiger partial charge >= 0.3 is 0 Å². The first-order valence-corrected chi connectivity index (χ1v) is 12.0. The van der Waals surface area contributed by atoms with Crippen LogP contribution >= 0.6 is 11.3 Å². The van der Waals surface area contributed by atoms with Gasteiger partial charge in [-0.05, 0) is 28.2 Å². The van der Waals surface area contributed by atoms with E-state index in [9.17, 15) is 19.6 Å². The summed E-state index contributed by atoms with van der Waals surface area (Å²) < 4.78 is 5.81. The number of carbonyl (C=O) groups is 3. The second-order valence-electron chi connectivity index (χ2n) is 9.34. The van der Waals surface area contributed by atoms with Gasteiger partial charge in [0.25, 0.3) is 5.91 Å². The Morgan fingerprint density at radius 2 is 1.83 bits per heavy atom. The molecule has 0 aliphatic carbocycles. The van der Waals surface area contributed by atoms with Crippen molar-refractivity contribution in [3.05, 3.63) is 64.6 Å². The number of benzene rings is 2. The third-order valence-electron chi connectivity index (χ3n) is 5.65. The van der Waals surface area contributed by atoms with Crippen molar-refractivity contribution in [3.63, 3.8) is 0 Å². The Bertz CT molecular complexity index is 1180. The summed E-state index contributed by atoms with van der Waals surface area (Å²) in [6.45, 7) is 5.30. The van der Waals surface area contributed by atoms with Gasteiger partial charge in [0.1, 0.15) is 11.0 Å². The van der Waals surface area contributed by atoms with Crippen molar-refractivity contribution in [1.82, 2.24) is 15.8 Å². The van der Waals surface area contributed by atoms with Crippen molar-refractivity contribution in [3.8, 4) is 0 Å². The van der Waals surface area contributed by atoms with Gasteiger partial charge < -0.3 is 15.8 Å². The van der Waals surface area contributed by atoms with E-state index in [1.807, 2.05) is 42.5 Å². The summed E-state index contributed by atoms with van der Waals surface area (Å²) in [7, 11) is 0. The summed E-state index contributed by atoms with van der Waals surface area (Å²) in [5.74, 6) is -3.24. The number of ether oxygens (including phenoxy) is 1. The molecule has 0 saturated heterocycles. The van der Waals surface area contributed by atoms with E-state index in [0.717, 1.165) is 16.3 Å². The van der Waals surface area contributed by atoms with E-state index in [0.29, 0.717) is 5.01 Å². The molecule has 35 heavy (non-hydrogen) atoms. The molecule has 1 aromatic heterocycles. The largest absolute Gasteiger partial charge is 0.368 e. The van der Waals surface area contributed by atoms with Gasteiger partial charge in [-0.3, -0.25) is 19.6 Å². The molecule has 0 unspecified atom stereocenters. The fourth-order valence-corrected chi connectivity index (χ4v) is 4.38. The average molecular weight is 499 g/mol. The zero-order valence-corrected chi connectivity index (χ0v) is 20.7. The molecular formula is C25H30N4O5S. The number of nitrogens with zero attached hydrogens (tertiary/aromatic N) is 1. The number of hydrogen-bond acceptors (Lipinski definition) is 7. The molecule has 3 rings (SSSR count). The molecule has 186 valence electrons. The van der Waals surface area contributed by atoms with Gasteiger partial charge in [0, 0.05) is 11.6 Å². The van der Waals surface area contributed by atoms with Crippen LogP contribution in [-0.4, -0.2) is 40.1 Å². The van der Waals surface area contributed by atoms with E-state index < -0.39 is 41.2 Å². The van der Waals surface area contributed by atoms with Gasteiger partial charge in [-0.25, -0.2) is 10.5 Å². The lowest BCUT2D eigenvalue weighted by atomic mass is 9.85. The predicted octanol–water partition coefficient (Wildman–Crippen LogP) is 2.56. The van der Waals surface area contributed by atoms with Crippen LogP contribution in [0.5, 0.6) is 0 Å². The van der Waals surface area contributed by atoms with E-state index in [1.54, 1.807) is 37.8 Å². The molecular weight excluding hydrogens is 468 g/mol. The van der Waals surface area contributed by atoms with Gasteiger partial charge in [0.05, 0.1) is 12.5 Å². The van der Waals surface area contributed by atoms with Crippen molar-refractivity contribution in [2.24, 2.45) is 17.1 Å². The third kappa shape index (κ3) is 6.84. The van der Waals surface area contributed by atoms with Crippen molar-refractivity contribution in [1.29, 1.82) is 0 Å². The number of rotatable bonds is 10. The number of aromatic nitrogens is 1. The molecule has 0 bridgehead atoms. The predicted molar refractivity (Wildman–Crippen MR) is 132 cm³/mol. The normalized spacial score (nSPS) is 14.2. The Kier molecular flexibility index (Phi) is 8.55. The molecule has 3 amide bonds. The zero-order valence-electron chi connectivity index (χ0n) is 19.9. The van der Waals surface area contributed by atoms with E-state index in [1.165, 1.54) is 11.3 Å². The maximum absolute atomic E-state index is 13.5. The first-order valence-electron chi connectivity index (χ1n) is 11.1. The molecule has 5 N–H and O–H groups in total. The number of thiazole rings is 1. The van der Waals surface area contributed by atoms with E-state index in [-0.39, 0.29) is 13.0 Å². The highest BCUT2D eigenvalue weighted by Crippen LogP contribution is 2.24. The van der Waals surface area contributed by atoms with Crippen LogP contribution in [0, 0.1) is 11.3 Å². The quantitative estimate of drug-likeness (QED) is 0.250. The molecule has 0 aliphatic rings. The molecule has 0 aliphatic heterocycles. The van der Waals surface area contributed by atoms with Crippen molar-refractivity contribution >= 4 is 39.8 Å². The van der Waals surface area contributed by atoms with Gasteiger partial charge in [-0.15, -0.1) is 11.3 Å². The summed E-state index contributed by atoms with van der Waals surface area (Å²) in [5.41, 5.74) is 7.28. The van der Waals surface area contributed by atoms with Crippen molar-refractivity contribution in [2.75, 3.05) is 0 Å². The molecule has 0 radical (unpaired) electrons. The number of amides is 3. The number of primary amides is 1. The molecule has 9 nitrogen and oxygen atoms in total. The number of carbonyl (C=O) groups excluding carboxylic acids is 3. The lowest BCUT2D eigenvalue weighted by molar-refractivity contribution is -0.152. The maximum atomic E-state index is 13.5. The second-order valence-corrected chi connectivity index (χ2v) is 10.3. The topological polar surface area (TPSA) is 144 Å². The minimum atomic E-state index is -1.36. The number of nitrogens with one attached hydrogen (secondary N) is 2. The Morgan fingerprint density at radius 3 is 2.43 bits per heavy atom. The van der Waals surface area contributed by atoms with Crippen LogP contribution in [0.3, 0.4) is 0 Å². The summed E-state index contributed by atoms with van der Waals surface area (Å²) in [5, 5.41) is 16.5. The Labute approximate surface area is 207 Å². The molecule has 0 spiro atoms. The van der Waals surface area contributed by atoms with E-state index in [2.05, 4.69) is 10.3 Å². The van der Waals surface area contributed by atoms with Crippen LogP contribution < -0.4 is 16.5 Å². The summed E-state index contributed by atoms with van der Waals surface area (Å²) in [6, 6.07) is 12.5. The Morgan fingerprint density at radius 1 is 1.11 bits per heavy atom. The van der Waals surface area contributed by atoms with Crippen LogP contribution in [0.2, 0.25) is 0 Å². The molecule has 3 atom stereocenters. The number of hydroxylamine groups is 1. The zero-order chi connectivity index (χ0) is 25.6. The highest BCUT2D eigenvalue weighted by atomic mass is 32.1. The fraction of sp³-hybridized carbons (Fsp3) is 0.360. The van der Waals surface area contributed by atoms with Crippen molar-refractivity contribution in [2.45, 2.75) is 45.9 Å². The van der Waals surface area contributed by atoms with Crippen LogP contribution in [0.25, 0.3) is 10.8 Å². The smallest absolute Gasteiger partial charge is 0.273 e. The molecule has 0 fully saturated rings. The number of hydrogen-bond donors (Lipinski definition) is 4. The van der Waals surface area contributed by atoms with E-state index >= 15 is 0 Å². The molecule has 3 aromatic rings. The van der Waals surface area contributed by atoms with Crippen LogP contribution in [0.1, 0.15) is 31.3 Å². The highest BCUT2D eigenvalue weighted by molar-refractivity contribution is 7.09. The first kappa shape index (κ1) is 26.3. The second kappa shape index (κ2) is 11.4. The molecule has 1 heterocycles. The van der Waals surface area contributed by atoms with Crippen molar-refractivity contribution < 1.29 is 24.3 Å². The Hall–Kier alpha value is -3.34. The van der Waals surface area contributed by atoms with Crippen LogP contribution in [0.4, 0.5) is 0 Å². The fourth-order valence-electron chi connectivity index (χ4n) is 3.84. The summed E-state index contributed by atoms with van der Waals surface area (Å²) in [6.07, 6.45) is 0.358. The minimum Gasteiger partial charge on any atom is -0.368 e. The van der Waals surface area contributed by atoms with E-state index in [4.69, 9.17) is 10.5 Å². The average Bonchev–Trinajstić information content (AvgIpc) is 3.34. The lowest BCUT2D eigenvalue weighted by Gasteiger charge is -2.32. The number of fused-ring (bicyclic) bond motifs is 1. The SMILES string of the molecule is CC(C)(C)[C@H](NC(=O)[C@H](Cc1ccc2ccccc2c1)[C@H](OCc1nccs1)C(=O)NO)C(N)=O. The minimum absolute atomic E-state index is 0.0320. The maximum Gasteiger partial charge on any atom is 0.273 e. The third-order valence-corrected chi connectivity index (χ3v) is 6.40. The molecule has 10 heteroatoms.